The zero-order valence-electron chi connectivity index (χ0n) is 10.9. The number of nitrogens with one attached hydrogen (secondary N) is 1. The summed E-state index contributed by atoms with van der Waals surface area (Å²) in [6.45, 7) is 0.379. The maximum Gasteiger partial charge on any atom is 0.321 e. The molecule has 0 aliphatic heterocycles. The van der Waals surface area contributed by atoms with Gasteiger partial charge in [-0.1, -0.05) is 15.9 Å². The van der Waals surface area contributed by atoms with Gasteiger partial charge in [0.25, 0.3) is 0 Å². The first-order valence-corrected chi connectivity index (χ1v) is 8.14. The zero-order valence-corrected chi connectivity index (χ0v) is 13.3. The molecular weight excluding hydrogens is 350 g/mol. The summed E-state index contributed by atoms with van der Waals surface area (Å²) in [5.74, 6) is -1.21. The average molecular weight is 366 g/mol. The van der Waals surface area contributed by atoms with Gasteiger partial charge in [0.1, 0.15) is 6.04 Å². The van der Waals surface area contributed by atoms with E-state index in [1.165, 1.54) is 19.2 Å². The Morgan fingerprint density at radius 3 is 2.50 bits per heavy atom. The summed E-state index contributed by atoms with van der Waals surface area (Å²) in [7, 11) is -2.35. The van der Waals surface area contributed by atoms with Crippen LogP contribution in [0.3, 0.4) is 0 Å². The van der Waals surface area contributed by atoms with Crippen molar-refractivity contribution in [3.05, 3.63) is 28.7 Å². The number of rotatable bonds is 8. The molecule has 0 aliphatic carbocycles. The fourth-order valence-corrected chi connectivity index (χ4v) is 3.02. The number of methoxy groups -OCH3 is 1. The van der Waals surface area contributed by atoms with Crippen LogP contribution in [-0.4, -0.2) is 39.3 Å². The van der Waals surface area contributed by atoms with Crippen LogP contribution in [0.4, 0.5) is 0 Å². The third-order valence-electron chi connectivity index (χ3n) is 2.56. The highest BCUT2D eigenvalue weighted by Crippen LogP contribution is 2.15. The number of sulfonamides is 1. The van der Waals surface area contributed by atoms with E-state index in [1.54, 1.807) is 12.1 Å². The molecule has 0 saturated carbocycles. The van der Waals surface area contributed by atoms with Crippen molar-refractivity contribution in [3.8, 4) is 0 Å². The van der Waals surface area contributed by atoms with Gasteiger partial charge in [0.15, 0.2) is 0 Å². The highest BCUT2D eigenvalue weighted by Gasteiger charge is 2.24. The van der Waals surface area contributed by atoms with Gasteiger partial charge < -0.3 is 9.84 Å². The second-order valence-corrected chi connectivity index (χ2v) is 6.73. The van der Waals surface area contributed by atoms with E-state index in [9.17, 15) is 13.2 Å². The van der Waals surface area contributed by atoms with Crippen molar-refractivity contribution in [3.63, 3.8) is 0 Å². The Morgan fingerprint density at radius 1 is 1.40 bits per heavy atom. The third-order valence-corrected chi connectivity index (χ3v) is 4.58. The molecule has 0 aliphatic rings. The molecule has 0 spiro atoms. The average Bonchev–Trinajstić information content (AvgIpc) is 2.38. The summed E-state index contributed by atoms with van der Waals surface area (Å²) in [6, 6.07) is 4.80. The minimum Gasteiger partial charge on any atom is -0.480 e. The number of hydrogen-bond donors (Lipinski definition) is 2. The van der Waals surface area contributed by atoms with Crippen molar-refractivity contribution >= 4 is 31.9 Å². The second-order valence-electron chi connectivity index (χ2n) is 4.10. The number of ether oxygens (including phenoxy) is 1. The summed E-state index contributed by atoms with van der Waals surface area (Å²) >= 11 is 3.21. The maximum atomic E-state index is 12.1. The molecule has 8 heteroatoms. The lowest BCUT2D eigenvalue weighted by molar-refractivity contribution is -0.139. The van der Waals surface area contributed by atoms with Crippen molar-refractivity contribution in [2.24, 2.45) is 0 Å². The lowest BCUT2D eigenvalue weighted by Crippen LogP contribution is -2.40. The topological polar surface area (TPSA) is 92.7 Å². The summed E-state index contributed by atoms with van der Waals surface area (Å²) < 4.78 is 31.9. The molecule has 20 heavy (non-hydrogen) atoms. The van der Waals surface area contributed by atoms with Gasteiger partial charge in [-0.05, 0) is 37.1 Å². The van der Waals surface area contributed by atoms with Crippen LogP contribution >= 0.6 is 15.9 Å². The molecule has 1 aromatic carbocycles. The number of halogens is 1. The SMILES string of the molecule is COCCCC(NS(=O)(=O)c1ccc(Br)cc1)C(=O)O. The van der Waals surface area contributed by atoms with Crippen LogP contribution in [-0.2, 0) is 19.6 Å². The van der Waals surface area contributed by atoms with Crippen LogP contribution in [0.15, 0.2) is 33.6 Å². The van der Waals surface area contributed by atoms with Gasteiger partial charge in [-0.15, -0.1) is 0 Å². The standard InChI is InChI=1S/C12H16BrNO5S/c1-19-8-2-3-11(12(15)16)14-20(17,18)10-6-4-9(13)5-7-10/h4-7,11,14H,2-3,8H2,1H3,(H,15,16). The number of carboxylic acid groups (broad SMARTS) is 1. The Kier molecular flexibility index (Phi) is 6.60. The van der Waals surface area contributed by atoms with E-state index >= 15 is 0 Å². The van der Waals surface area contributed by atoms with Crippen molar-refractivity contribution in [1.29, 1.82) is 0 Å². The summed E-state index contributed by atoms with van der Waals surface area (Å²) in [5, 5.41) is 9.05. The molecule has 2 N–H and O–H groups in total. The molecule has 1 unspecified atom stereocenters. The van der Waals surface area contributed by atoms with Gasteiger partial charge in [-0.25, -0.2) is 8.42 Å². The van der Waals surface area contributed by atoms with Crippen LogP contribution in [0.1, 0.15) is 12.8 Å². The number of carbonyl (C=O) groups is 1. The molecule has 0 radical (unpaired) electrons. The van der Waals surface area contributed by atoms with E-state index in [0.29, 0.717) is 13.0 Å². The molecule has 0 heterocycles. The normalized spacial score (nSPS) is 13.1. The molecule has 1 aromatic rings. The minimum atomic E-state index is -3.85. The van der Waals surface area contributed by atoms with Crippen molar-refractivity contribution < 1.29 is 23.1 Å². The number of aliphatic carboxylic acids is 1. The molecular formula is C12H16BrNO5S. The smallest absolute Gasteiger partial charge is 0.321 e. The fraction of sp³-hybridized carbons (Fsp3) is 0.417. The van der Waals surface area contributed by atoms with Crippen LogP contribution < -0.4 is 4.72 Å². The summed E-state index contributed by atoms with van der Waals surface area (Å²) in [5.41, 5.74) is 0. The fourth-order valence-electron chi connectivity index (χ4n) is 1.53. The molecule has 1 atom stereocenters. The first-order valence-electron chi connectivity index (χ1n) is 5.86. The van der Waals surface area contributed by atoms with Crippen LogP contribution in [0.5, 0.6) is 0 Å². The van der Waals surface area contributed by atoms with Crippen molar-refractivity contribution in [2.45, 2.75) is 23.8 Å². The predicted octanol–water partition coefficient (Wildman–Crippen LogP) is 1.61. The van der Waals surface area contributed by atoms with Crippen LogP contribution in [0.2, 0.25) is 0 Å². The van der Waals surface area contributed by atoms with Gasteiger partial charge in [-0.3, -0.25) is 4.79 Å². The van der Waals surface area contributed by atoms with Gasteiger partial charge >= 0.3 is 5.97 Å². The lowest BCUT2D eigenvalue weighted by Gasteiger charge is -2.14. The van der Waals surface area contributed by atoms with E-state index in [-0.39, 0.29) is 11.3 Å². The molecule has 1 rings (SSSR count). The second kappa shape index (κ2) is 7.72. The minimum absolute atomic E-state index is 0.0266. The van der Waals surface area contributed by atoms with E-state index in [1.807, 2.05) is 0 Å². The molecule has 0 bridgehead atoms. The molecule has 0 amide bonds. The zero-order chi connectivity index (χ0) is 15.2. The van der Waals surface area contributed by atoms with E-state index in [2.05, 4.69) is 20.7 Å². The van der Waals surface area contributed by atoms with Gasteiger partial charge in [0, 0.05) is 18.2 Å². The first kappa shape index (κ1) is 17.1. The molecule has 0 aromatic heterocycles. The van der Waals surface area contributed by atoms with Gasteiger partial charge in [0.2, 0.25) is 10.0 Å². The molecule has 112 valence electrons. The summed E-state index contributed by atoms with van der Waals surface area (Å²) in [6.07, 6.45) is 0.620. The Labute approximate surface area is 126 Å². The predicted molar refractivity (Wildman–Crippen MR) is 77.0 cm³/mol. The van der Waals surface area contributed by atoms with Crippen LogP contribution in [0, 0.1) is 0 Å². The van der Waals surface area contributed by atoms with E-state index in [4.69, 9.17) is 9.84 Å². The number of benzene rings is 1. The monoisotopic (exact) mass is 365 g/mol. The van der Waals surface area contributed by atoms with Crippen LogP contribution in [0.25, 0.3) is 0 Å². The first-order chi connectivity index (χ1) is 9.36. The Bertz CT molecular complexity index is 543. The Balaban J connectivity index is 2.80. The van der Waals surface area contributed by atoms with Crippen molar-refractivity contribution in [2.75, 3.05) is 13.7 Å². The highest BCUT2D eigenvalue weighted by molar-refractivity contribution is 9.10. The molecule has 0 saturated heterocycles. The van der Waals surface area contributed by atoms with E-state index < -0.39 is 22.0 Å². The maximum absolute atomic E-state index is 12.1. The molecule has 6 nitrogen and oxygen atoms in total. The Hall–Kier alpha value is -0.960. The Morgan fingerprint density at radius 2 is 2.00 bits per heavy atom. The third kappa shape index (κ3) is 5.20. The largest absolute Gasteiger partial charge is 0.480 e. The number of carboxylic acids is 1. The molecule has 0 fully saturated rings. The lowest BCUT2D eigenvalue weighted by atomic mass is 10.2. The summed E-state index contributed by atoms with van der Waals surface area (Å²) in [4.78, 5) is 11.1. The van der Waals surface area contributed by atoms with E-state index in [0.717, 1.165) is 4.47 Å². The van der Waals surface area contributed by atoms with Crippen molar-refractivity contribution in [1.82, 2.24) is 4.72 Å². The van der Waals surface area contributed by atoms with Gasteiger partial charge in [-0.2, -0.15) is 4.72 Å². The highest BCUT2D eigenvalue weighted by atomic mass is 79.9. The van der Waals surface area contributed by atoms with Gasteiger partial charge in [0.05, 0.1) is 4.90 Å². The number of hydrogen-bond acceptors (Lipinski definition) is 4. The quantitative estimate of drug-likeness (QED) is 0.682.